The maximum Gasteiger partial charge on any atom is 0.0470 e. The quantitative estimate of drug-likeness (QED) is 0.635. The van der Waals surface area contributed by atoms with Crippen molar-refractivity contribution in [2.45, 2.75) is 43.2 Å². The molecular weight excluding hydrogens is 371 g/mol. The number of nitrogens with two attached hydrogens (primary N) is 1. The number of thioether (sulfide) groups is 1. The van der Waals surface area contributed by atoms with Crippen molar-refractivity contribution in [3.8, 4) is 0 Å². The van der Waals surface area contributed by atoms with Crippen molar-refractivity contribution in [1.82, 2.24) is 0 Å². The lowest BCUT2D eigenvalue weighted by molar-refractivity contribution is 0.387. The summed E-state index contributed by atoms with van der Waals surface area (Å²) in [6, 6.07) is 12.5. The molecule has 0 aromatic heterocycles. The second-order valence-corrected chi connectivity index (χ2v) is 8.75. The van der Waals surface area contributed by atoms with E-state index in [0.717, 1.165) is 18.5 Å². The van der Waals surface area contributed by atoms with Crippen LogP contribution in [0.15, 0.2) is 41.3 Å². The Kier molecular flexibility index (Phi) is 5.60. The summed E-state index contributed by atoms with van der Waals surface area (Å²) >= 11 is 14.3. The standard InChI is InChI=1S/C20H24Cl2N2S/c1-20(2)17(8-9-23)16-11-15(25-3)6-7-19(16)24(20)12-13-4-5-14(21)10-18(13)22/h4-7,10-11,17H,8-9,12,23H2,1-3H3. The summed E-state index contributed by atoms with van der Waals surface area (Å²) in [5.74, 6) is 0.408. The average Bonchev–Trinajstić information content (AvgIpc) is 2.78. The summed E-state index contributed by atoms with van der Waals surface area (Å²) in [7, 11) is 0. The third-order valence-electron chi connectivity index (χ3n) is 5.25. The molecular formula is C20H24Cl2N2S. The van der Waals surface area contributed by atoms with Gasteiger partial charge in [-0.15, -0.1) is 11.8 Å². The molecule has 1 atom stereocenters. The fourth-order valence-corrected chi connectivity index (χ4v) is 4.77. The first kappa shape index (κ1) is 18.9. The highest BCUT2D eigenvalue weighted by molar-refractivity contribution is 7.98. The van der Waals surface area contributed by atoms with Gasteiger partial charge in [-0.25, -0.2) is 0 Å². The van der Waals surface area contributed by atoms with Crippen LogP contribution in [0.25, 0.3) is 0 Å². The van der Waals surface area contributed by atoms with E-state index in [1.165, 1.54) is 16.1 Å². The zero-order valence-corrected chi connectivity index (χ0v) is 17.2. The molecule has 2 aromatic carbocycles. The van der Waals surface area contributed by atoms with E-state index in [1.54, 1.807) is 11.8 Å². The average molecular weight is 395 g/mol. The van der Waals surface area contributed by atoms with Gasteiger partial charge in [0, 0.05) is 38.6 Å². The Morgan fingerprint density at radius 3 is 2.56 bits per heavy atom. The number of benzene rings is 2. The summed E-state index contributed by atoms with van der Waals surface area (Å²) in [5, 5.41) is 1.38. The number of rotatable bonds is 5. The Hall–Kier alpha value is -0.870. The Morgan fingerprint density at radius 1 is 1.16 bits per heavy atom. The summed E-state index contributed by atoms with van der Waals surface area (Å²) in [5.41, 5.74) is 9.68. The maximum absolute atomic E-state index is 6.44. The van der Waals surface area contributed by atoms with Crippen molar-refractivity contribution in [3.63, 3.8) is 0 Å². The second-order valence-electron chi connectivity index (χ2n) is 7.03. The van der Waals surface area contributed by atoms with Gasteiger partial charge < -0.3 is 10.6 Å². The molecule has 0 spiro atoms. The highest BCUT2D eigenvalue weighted by atomic mass is 35.5. The van der Waals surface area contributed by atoms with E-state index >= 15 is 0 Å². The largest absolute Gasteiger partial charge is 0.361 e. The van der Waals surface area contributed by atoms with Gasteiger partial charge in [0.25, 0.3) is 0 Å². The van der Waals surface area contributed by atoms with Crippen LogP contribution in [0.3, 0.4) is 0 Å². The van der Waals surface area contributed by atoms with Crippen molar-refractivity contribution in [2.24, 2.45) is 5.73 Å². The highest BCUT2D eigenvalue weighted by Crippen LogP contribution is 2.50. The summed E-state index contributed by atoms with van der Waals surface area (Å²) in [6.45, 7) is 6.05. The second kappa shape index (κ2) is 7.40. The number of halogens is 2. The molecule has 1 aliphatic rings. The minimum atomic E-state index is -0.0261. The van der Waals surface area contributed by atoms with Crippen LogP contribution in [0.2, 0.25) is 10.0 Å². The van der Waals surface area contributed by atoms with Gasteiger partial charge >= 0.3 is 0 Å². The first-order valence-corrected chi connectivity index (χ1v) is 10.5. The van der Waals surface area contributed by atoms with Gasteiger partial charge in [0.2, 0.25) is 0 Å². The monoisotopic (exact) mass is 394 g/mol. The molecule has 0 saturated heterocycles. The number of anilines is 1. The van der Waals surface area contributed by atoms with Crippen molar-refractivity contribution in [2.75, 3.05) is 17.7 Å². The summed E-state index contributed by atoms with van der Waals surface area (Å²) < 4.78 is 0. The van der Waals surface area contributed by atoms with Crippen LogP contribution in [0.4, 0.5) is 5.69 Å². The number of hydrogen-bond acceptors (Lipinski definition) is 3. The zero-order valence-electron chi connectivity index (χ0n) is 14.9. The first-order valence-electron chi connectivity index (χ1n) is 8.48. The van der Waals surface area contributed by atoms with Crippen LogP contribution in [0.1, 0.15) is 37.3 Å². The number of fused-ring (bicyclic) bond motifs is 1. The molecule has 2 nitrogen and oxygen atoms in total. The molecule has 0 amide bonds. The first-order chi connectivity index (χ1) is 11.9. The van der Waals surface area contributed by atoms with Gasteiger partial charge in [-0.2, -0.15) is 0 Å². The number of nitrogens with zero attached hydrogens (tertiary/aromatic N) is 1. The molecule has 25 heavy (non-hydrogen) atoms. The van der Waals surface area contributed by atoms with Gasteiger partial charge in [0.05, 0.1) is 0 Å². The fraction of sp³-hybridized carbons (Fsp3) is 0.400. The fourth-order valence-electron chi connectivity index (χ4n) is 3.85. The smallest absolute Gasteiger partial charge is 0.0470 e. The van der Waals surface area contributed by atoms with Crippen LogP contribution in [0, 0.1) is 0 Å². The molecule has 0 bridgehead atoms. The SMILES string of the molecule is CSc1ccc2c(c1)C(CCN)C(C)(C)N2Cc1ccc(Cl)cc1Cl. The minimum absolute atomic E-state index is 0.0261. The van der Waals surface area contributed by atoms with E-state index in [1.807, 2.05) is 18.2 Å². The maximum atomic E-state index is 6.44. The van der Waals surface area contributed by atoms with Crippen molar-refractivity contribution in [3.05, 3.63) is 57.6 Å². The molecule has 2 aromatic rings. The number of hydrogen-bond donors (Lipinski definition) is 1. The lowest BCUT2D eigenvalue weighted by Gasteiger charge is -2.38. The van der Waals surface area contributed by atoms with Crippen molar-refractivity contribution < 1.29 is 0 Å². The lowest BCUT2D eigenvalue weighted by Crippen LogP contribution is -2.43. The Bertz CT molecular complexity index is 776. The third-order valence-corrected chi connectivity index (χ3v) is 6.56. The normalized spacial score (nSPS) is 18.5. The van der Waals surface area contributed by atoms with E-state index in [2.05, 4.69) is 43.2 Å². The van der Waals surface area contributed by atoms with E-state index in [4.69, 9.17) is 28.9 Å². The molecule has 1 aliphatic heterocycles. The molecule has 0 saturated carbocycles. The molecule has 0 fully saturated rings. The molecule has 1 heterocycles. The van der Waals surface area contributed by atoms with E-state index in [0.29, 0.717) is 22.5 Å². The van der Waals surface area contributed by atoms with Gasteiger partial charge in [0.15, 0.2) is 0 Å². The van der Waals surface area contributed by atoms with Crippen molar-refractivity contribution >= 4 is 40.7 Å². The lowest BCUT2D eigenvalue weighted by atomic mass is 9.82. The van der Waals surface area contributed by atoms with E-state index in [9.17, 15) is 0 Å². The summed E-state index contributed by atoms with van der Waals surface area (Å²) in [6.07, 6.45) is 3.09. The molecule has 0 radical (unpaired) electrons. The molecule has 134 valence electrons. The van der Waals surface area contributed by atoms with Crippen LogP contribution < -0.4 is 10.6 Å². The molecule has 5 heteroatoms. The molecule has 3 rings (SSSR count). The van der Waals surface area contributed by atoms with Gasteiger partial charge in [-0.1, -0.05) is 29.3 Å². The Labute approximate surface area is 164 Å². The predicted octanol–water partition coefficient (Wildman–Crippen LogP) is 5.95. The third kappa shape index (κ3) is 3.52. The highest BCUT2D eigenvalue weighted by Gasteiger charge is 2.44. The van der Waals surface area contributed by atoms with Crippen LogP contribution >= 0.6 is 35.0 Å². The zero-order chi connectivity index (χ0) is 18.2. The predicted molar refractivity (Wildman–Crippen MR) is 111 cm³/mol. The Morgan fingerprint density at radius 2 is 1.92 bits per heavy atom. The van der Waals surface area contributed by atoms with Crippen LogP contribution in [-0.4, -0.2) is 18.3 Å². The molecule has 0 aliphatic carbocycles. The molecule has 1 unspecified atom stereocenters. The van der Waals surface area contributed by atoms with Gasteiger partial charge in [-0.05, 0) is 74.5 Å². The van der Waals surface area contributed by atoms with Crippen molar-refractivity contribution in [1.29, 1.82) is 0 Å². The van der Waals surface area contributed by atoms with E-state index < -0.39 is 0 Å². The topological polar surface area (TPSA) is 29.3 Å². The van der Waals surface area contributed by atoms with E-state index in [-0.39, 0.29) is 5.54 Å². The molecule has 2 N–H and O–H groups in total. The van der Waals surface area contributed by atoms with Gasteiger partial charge in [-0.3, -0.25) is 0 Å². The van der Waals surface area contributed by atoms with Gasteiger partial charge in [0.1, 0.15) is 0 Å². The van der Waals surface area contributed by atoms with Crippen LogP contribution in [-0.2, 0) is 6.54 Å². The summed E-state index contributed by atoms with van der Waals surface area (Å²) in [4.78, 5) is 3.75. The van der Waals surface area contributed by atoms with Crippen LogP contribution in [0.5, 0.6) is 0 Å². The minimum Gasteiger partial charge on any atom is -0.361 e. The Balaban J connectivity index is 2.04.